The predicted molar refractivity (Wildman–Crippen MR) is 120 cm³/mol. The topological polar surface area (TPSA) is 111 Å². The van der Waals surface area contributed by atoms with Crippen LogP contribution in [0.4, 0.5) is 19.0 Å². The fourth-order valence-corrected chi connectivity index (χ4v) is 4.90. The van der Waals surface area contributed by atoms with Crippen LogP contribution in [0.2, 0.25) is 0 Å². The zero-order valence-corrected chi connectivity index (χ0v) is 19.0. The van der Waals surface area contributed by atoms with Gasteiger partial charge in [0.05, 0.1) is 35.4 Å². The number of benzene rings is 1. The minimum absolute atomic E-state index is 0.00434. The second-order valence-corrected chi connectivity index (χ2v) is 9.28. The summed E-state index contributed by atoms with van der Waals surface area (Å²) in [6.45, 7) is 3.15. The Kier molecular flexibility index (Phi) is 6.97. The van der Waals surface area contributed by atoms with Crippen molar-refractivity contribution in [2.24, 2.45) is 0 Å². The van der Waals surface area contributed by atoms with Gasteiger partial charge in [-0.05, 0) is 50.3 Å². The Labute approximate surface area is 195 Å². The number of aromatic nitrogens is 2. The highest BCUT2D eigenvalue weighted by atomic mass is 19.4. The summed E-state index contributed by atoms with van der Waals surface area (Å²) < 4.78 is 39.2. The summed E-state index contributed by atoms with van der Waals surface area (Å²) >= 11 is 0. The van der Waals surface area contributed by atoms with E-state index in [-0.39, 0.29) is 29.7 Å². The molecule has 2 fully saturated rings. The number of aliphatic hydroxyl groups excluding tert-OH is 1. The first kappa shape index (κ1) is 24.6. The first-order chi connectivity index (χ1) is 16.1. The van der Waals surface area contributed by atoms with Crippen LogP contribution in [0, 0.1) is 0 Å². The first-order valence-corrected chi connectivity index (χ1v) is 11.6. The van der Waals surface area contributed by atoms with Gasteiger partial charge in [-0.25, -0.2) is 9.97 Å². The lowest BCUT2D eigenvalue weighted by molar-refractivity contribution is -0.137. The van der Waals surface area contributed by atoms with E-state index in [1.165, 1.54) is 12.4 Å². The fourth-order valence-electron chi connectivity index (χ4n) is 4.90. The summed E-state index contributed by atoms with van der Waals surface area (Å²) in [4.78, 5) is 22.6. The summed E-state index contributed by atoms with van der Waals surface area (Å²) in [6.07, 6.45) is -0.683. The molecule has 2 aromatic rings. The molecule has 1 amide bonds. The summed E-state index contributed by atoms with van der Waals surface area (Å²) in [6, 6.07) is 3.54. The summed E-state index contributed by atoms with van der Waals surface area (Å²) in [7, 11) is 0. The average Bonchev–Trinajstić information content (AvgIpc) is 2.79. The number of alkyl halides is 3. The van der Waals surface area contributed by atoms with Gasteiger partial charge in [-0.1, -0.05) is 6.92 Å². The normalized spacial score (nSPS) is 25.1. The van der Waals surface area contributed by atoms with Gasteiger partial charge in [-0.15, -0.1) is 0 Å². The van der Waals surface area contributed by atoms with Crippen LogP contribution in [0.15, 0.2) is 24.5 Å². The van der Waals surface area contributed by atoms with Crippen LogP contribution in [0.1, 0.15) is 44.6 Å². The quantitative estimate of drug-likeness (QED) is 0.480. The number of aliphatic hydroxyl groups is 2. The molecule has 186 valence electrons. The van der Waals surface area contributed by atoms with Gasteiger partial charge < -0.3 is 20.8 Å². The van der Waals surface area contributed by atoms with Crippen molar-refractivity contribution in [2.45, 2.75) is 69.0 Å². The zero-order valence-electron chi connectivity index (χ0n) is 19.0. The van der Waals surface area contributed by atoms with Crippen molar-refractivity contribution in [2.75, 3.05) is 25.0 Å². The number of halogens is 3. The van der Waals surface area contributed by atoms with E-state index in [0.717, 1.165) is 25.0 Å². The molecule has 2 heterocycles. The number of nitrogens with one attached hydrogen (secondary N) is 2. The highest BCUT2D eigenvalue weighted by Gasteiger charge is 2.42. The standard InChI is InChI=1S/C23H30F3N5O3/c1-2-19(32)22(34)7-5-16(6-8-22)31-11-15(12-31)30-20(33)10-27-21-17-9-14(23(24,25)26)3-4-18(17)28-13-29-21/h3-4,9,13,15-16,19,32,34H,2,5-8,10-12H2,1H3,(H,30,33)(H,27,28,29). The van der Waals surface area contributed by atoms with Crippen LogP contribution in [-0.4, -0.2) is 74.4 Å². The van der Waals surface area contributed by atoms with E-state index >= 15 is 0 Å². The molecule has 0 bridgehead atoms. The molecule has 1 saturated carbocycles. The maximum Gasteiger partial charge on any atom is 0.416 e. The van der Waals surface area contributed by atoms with Crippen molar-refractivity contribution in [3.63, 3.8) is 0 Å². The third kappa shape index (κ3) is 5.26. The highest BCUT2D eigenvalue weighted by Crippen LogP contribution is 2.36. The third-order valence-corrected chi connectivity index (χ3v) is 7.00. The van der Waals surface area contributed by atoms with Crippen molar-refractivity contribution in [1.82, 2.24) is 20.2 Å². The van der Waals surface area contributed by atoms with Crippen LogP contribution in [0.25, 0.3) is 10.9 Å². The highest BCUT2D eigenvalue weighted by molar-refractivity contribution is 5.91. The number of hydrogen-bond donors (Lipinski definition) is 4. The SMILES string of the molecule is CCC(O)C1(O)CCC(N2CC(NC(=O)CNc3ncnc4ccc(C(F)(F)F)cc34)C2)CC1. The van der Waals surface area contributed by atoms with Gasteiger partial charge >= 0.3 is 6.18 Å². The Morgan fingerprint density at radius 1 is 1.26 bits per heavy atom. The second kappa shape index (κ2) is 9.63. The molecule has 11 heteroatoms. The van der Waals surface area contributed by atoms with E-state index in [0.29, 0.717) is 43.9 Å². The molecule has 1 aliphatic heterocycles. The van der Waals surface area contributed by atoms with Gasteiger partial charge in [0.25, 0.3) is 0 Å². The third-order valence-electron chi connectivity index (χ3n) is 7.00. The lowest BCUT2D eigenvalue weighted by atomic mass is 9.77. The molecule has 2 aliphatic rings. The Morgan fingerprint density at radius 2 is 1.97 bits per heavy atom. The van der Waals surface area contributed by atoms with E-state index in [1.54, 1.807) is 0 Å². The molecular formula is C23H30F3N5O3. The molecule has 1 saturated heterocycles. The van der Waals surface area contributed by atoms with Gasteiger partial charge in [0.1, 0.15) is 12.1 Å². The summed E-state index contributed by atoms with van der Waals surface area (Å²) in [5.74, 6) is -0.0991. The van der Waals surface area contributed by atoms with E-state index < -0.39 is 23.4 Å². The number of amides is 1. The van der Waals surface area contributed by atoms with Crippen LogP contribution >= 0.6 is 0 Å². The Hall–Kier alpha value is -2.50. The van der Waals surface area contributed by atoms with Crippen molar-refractivity contribution >= 4 is 22.6 Å². The number of nitrogens with zero attached hydrogens (tertiary/aromatic N) is 3. The number of anilines is 1. The molecule has 1 aromatic carbocycles. The van der Waals surface area contributed by atoms with E-state index in [2.05, 4.69) is 25.5 Å². The zero-order chi connectivity index (χ0) is 24.5. The van der Waals surface area contributed by atoms with Gasteiger partial charge in [-0.3, -0.25) is 9.69 Å². The summed E-state index contributed by atoms with van der Waals surface area (Å²) in [5, 5.41) is 26.6. The van der Waals surface area contributed by atoms with Crippen LogP contribution < -0.4 is 10.6 Å². The van der Waals surface area contributed by atoms with Gasteiger partial charge in [0.15, 0.2) is 0 Å². The maximum atomic E-state index is 13.1. The number of likely N-dealkylation sites (tertiary alicyclic amines) is 1. The van der Waals surface area contributed by atoms with Gasteiger partial charge in [-0.2, -0.15) is 13.2 Å². The Bertz CT molecular complexity index is 1020. The smallest absolute Gasteiger partial charge is 0.390 e. The molecule has 1 atom stereocenters. The van der Waals surface area contributed by atoms with Crippen LogP contribution in [0.3, 0.4) is 0 Å². The number of carbonyl (C=O) groups excluding carboxylic acids is 1. The molecule has 1 aliphatic carbocycles. The second-order valence-electron chi connectivity index (χ2n) is 9.28. The number of rotatable bonds is 7. The molecule has 1 aromatic heterocycles. The van der Waals surface area contributed by atoms with E-state index in [1.807, 2.05) is 6.92 Å². The van der Waals surface area contributed by atoms with Crippen molar-refractivity contribution in [3.8, 4) is 0 Å². The Balaban J connectivity index is 1.25. The predicted octanol–water partition coefficient (Wildman–Crippen LogP) is 2.31. The average molecular weight is 482 g/mol. The molecule has 4 rings (SSSR count). The van der Waals surface area contributed by atoms with Crippen molar-refractivity contribution in [1.29, 1.82) is 0 Å². The minimum atomic E-state index is -4.48. The fraction of sp³-hybridized carbons (Fsp3) is 0.609. The Morgan fingerprint density at radius 3 is 2.62 bits per heavy atom. The van der Waals surface area contributed by atoms with Crippen molar-refractivity contribution < 1.29 is 28.2 Å². The number of carbonyl (C=O) groups is 1. The molecule has 0 radical (unpaired) electrons. The molecule has 8 nitrogen and oxygen atoms in total. The summed E-state index contributed by atoms with van der Waals surface area (Å²) in [5.41, 5.74) is -1.45. The first-order valence-electron chi connectivity index (χ1n) is 11.6. The van der Waals surface area contributed by atoms with Gasteiger partial charge in [0.2, 0.25) is 5.91 Å². The number of hydrogen-bond acceptors (Lipinski definition) is 7. The maximum absolute atomic E-state index is 13.1. The molecule has 1 unspecified atom stereocenters. The molecular weight excluding hydrogens is 451 g/mol. The van der Waals surface area contributed by atoms with E-state index in [9.17, 15) is 28.2 Å². The van der Waals surface area contributed by atoms with Gasteiger partial charge in [0, 0.05) is 24.5 Å². The molecule has 4 N–H and O–H groups in total. The lowest BCUT2D eigenvalue weighted by Crippen LogP contribution is -2.63. The molecule has 34 heavy (non-hydrogen) atoms. The monoisotopic (exact) mass is 481 g/mol. The van der Waals surface area contributed by atoms with Crippen molar-refractivity contribution in [3.05, 3.63) is 30.1 Å². The lowest BCUT2D eigenvalue weighted by Gasteiger charge is -2.48. The largest absolute Gasteiger partial charge is 0.416 e. The minimum Gasteiger partial charge on any atom is -0.390 e. The van der Waals surface area contributed by atoms with Crippen LogP contribution in [0.5, 0.6) is 0 Å². The molecule has 0 spiro atoms. The number of fused-ring (bicyclic) bond motifs is 1. The van der Waals surface area contributed by atoms with E-state index in [4.69, 9.17) is 0 Å². The van der Waals surface area contributed by atoms with Crippen LogP contribution in [-0.2, 0) is 11.0 Å².